The Kier molecular flexibility index (Phi) is 5.57. The second-order valence-electron chi connectivity index (χ2n) is 3.58. The van der Waals surface area contributed by atoms with Crippen LogP contribution in [0.4, 0.5) is 0 Å². The summed E-state index contributed by atoms with van der Waals surface area (Å²) in [6.07, 6.45) is 4.55. The Morgan fingerprint density at radius 3 is 2.27 bits per heavy atom. The van der Waals surface area contributed by atoms with E-state index in [0.717, 1.165) is 12.8 Å². The predicted octanol–water partition coefficient (Wildman–Crippen LogP) is 3.54. The van der Waals surface area contributed by atoms with E-state index in [1.165, 1.54) is 12.8 Å². The first-order valence-corrected chi connectivity index (χ1v) is 4.62. The lowest BCUT2D eigenvalue weighted by atomic mass is 10.0. The van der Waals surface area contributed by atoms with Crippen molar-refractivity contribution < 1.29 is 4.74 Å². The summed E-state index contributed by atoms with van der Waals surface area (Å²) in [5.41, 5.74) is 0.0456. The second-order valence-corrected chi connectivity index (χ2v) is 3.58. The van der Waals surface area contributed by atoms with Crippen LogP contribution in [0.3, 0.4) is 0 Å². The number of rotatable bonds is 6. The molecule has 0 rings (SSSR count). The van der Waals surface area contributed by atoms with Gasteiger partial charge in [0.1, 0.15) is 0 Å². The van der Waals surface area contributed by atoms with Gasteiger partial charge in [-0.1, -0.05) is 26.7 Å². The van der Waals surface area contributed by atoms with Crippen LogP contribution in [-0.2, 0) is 4.74 Å². The Labute approximate surface area is 71.1 Å². The molecule has 1 radical (unpaired) electrons. The van der Waals surface area contributed by atoms with Crippen LogP contribution in [0.15, 0.2) is 0 Å². The van der Waals surface area contributed by atoms with E-state index in [-0.39, 0.29) is 5.60 Å². The monoisotopic (exact) mass is 157 g/mol. The molecule has 0 aromatic carbocycles. The highest BCUT2D eigenvalue weighted by Crippen LogP contribution is 2.18. The molecular formula is C10H21O. The van der Waals surface area contributed by atoms with Crippen LogP contribution >= 0.6 is 0 Å². The standard InChI is InChI=1S/C10H21O/c1-5-7-9-11-10(3,4)8-6-2/h9H,5-8H2,1-4H3. The van der Waals surface area contributed by atoms with Crippen molar-refractivity contribution in [1.82, 2.24) is 0 Å². The normalized spacial score (nSPS) is 12.0. The average molecular weight is 157 g/mol. The first-order chi connectivity index (χ1) is 5.12. The van der Waals surface area contributed by atoms with Crippen molar-refractivity contribution in [2.45, 2.75) is 59.0 Å². The highest BCUT2D eigenvalue weighted by Gasteiger charge is 2.15. The van der Waals surface area contributed by atoms with Crippen molar-refractivity contribution in [2.24, 2.45) is 0 Å². The maximum atomic E-state index is 5.59. The molecule has 0 aliphatic carbocycles. The molecule has 0 amide bonds. The van der Waals surface area contributed by atoms with Crippen molar-refractivity contribution in [3.8, 4) is 0 Å². The molecule has 0 fully saturated rings. The van der Waals surface area contributed by atoms with Gasteiger partial charge >= 0.3 is 0 Å². The smallest absolute Gasteiger partial charge is 0.0844 e. The Morgan fingerprint density at radius 1 is 1.18 bits per heavy atom. The summed E-state index contributed by atoms with van der Waals surface area (Å²) in [5.74, 6) is 0. The molecule has 0 saturated heterocycles. The maximum absolute atomic E-state index is 5.59. The van der Waals surface area contributed by atoms with E-state index in [1.54, 1.807) is 0 Å². The molecule has 0 saturated carbocycles. The third-order valence-electron chi connectivity index (χ3n) is 1.66. The van der Waals surface area contributed by atoms with E-state index in [2.05, 4.69) is 27.7 Å². The van der Waals surface area contributed by atoms with Crippen molar-refractivity contribution in [2.75, 3.05) is 0 Å². The molecule has 0 N–H and O–H groups in total. The minimum Gasteiger partial charge on any atom is -0.370 e. The summed E-state index contributed by atoms with van der Waals surface area (Å²) in [6.45, 7) is 10.6. The first-order valence-electron chi connectivity index (χ1n) is 4.62. The number of unbranched alkanes of at least 4 members (excludes halogenated alkanes) is 1. The number of hydrogen-bond donors (Lipinski definition) is 0. The summed E-state index contributed by atoms with van der Waals surface area (Å²) >= 11 is 0. The topological polar surface area (TPSA) is 9.23 Å². The lowest BCUT2D eigenvalue weighted by Crippen LogP contribution is -2.22. The lowest BCUT2D eigenvalue weighted by molar-refractivity contribution is 0.0146. The van der Waals surface area contributed by atoms with Gasteiger partial charge in [-0.3, -0.25) is 0 Å². The van der Waals surface area contributed by atoms with E-state index in [1.807, 2.05) is 6.61 Å². The highest BCUT2D eigenvalue weighted by molar-refractivity contribution is 4.69. The van der Waals surface area contributed by atoms with E-state index < -0.39 is 0 Å². The molecule has 0 bridgehead atoms. The van der Waals surface area contributed by atoms with Gasteiger partial charge < -0.3 is 4.74 Å². The lowest BCUT2D eigenvalue weighted by Gasteiger charge is -2.24. The van der Waals surface area contributed by atoms with Crippen LogP contribution in [0.1, 0.15) is 53.4 Å². The van der Waals surface area contributed by atoms with E-state index in [9.17, 15) is 0 Å². The van der Waals surface area contributed by atoms with Gasteiger partial charge in [0.25, 0.3) is 0 Å². The number of hydrogen-bond acceptors (Lipinski definition) is 1. The fourth-order valence-corrected chi connectivity index (χ4v) is 1.06. The summed E-state index contributed by atoms with van der Waals surface area (Å²) in [4.78, 5) is 0. The summed E-state index contributed by atoms with van der Waals surface area (Å²) < 4.78 is 5.59. The van der Waals surface area contributed by atoms with Crippen molar-refractivity contribution >= 4 is 0 Å². The Morgan fingerprint density at radius 2 is 1.82 bits per heavy atom. The summed E-state index contributed by atoms with van der Waals surface area (Å²) in [5, 5.41) is 0. The Balaban J connectivity index is 3.38. The van der Waals surface area contributed by atoms with Crippen molar-refractivity contribution in [1.29, 1.82) is 0 Å². The van der Waals surface area contributed by atoms with Crippen LogP contribution < -0.4 is 0 Å². The highest BCUT2D eigenvalue weighted by atomic mass is 16.5. The minimum atomic E-state index is 0.0456. The van der Waals surface area contributed by atoms with Crippen LogP contribution in [0.25, 0.3) is 0 Å². The van der Waals surface area contributed by atoms with Gasteiger partial charge in [-0.05, 0) is 26.7 Å². The molecular weight excluding hydrogens is 136 g/mol. The molecule has 0 aromatic rings. The predicted molar refractivity (Wildman–Crippen MR) is 49.3 cm³/mol. The largest absolute Gasteiger partial charge is 0.370 e. The quantitative estimate of drug-likeness (QED) is 0.536. The first kappa shape index (κ1) is 11.0. The molecule has 0 unspecified atom stereocenters. The zero-order chi connectivity index (χ0) is 8.74. The van der Waals surface area contributed by atoms with Gasteiger partial charge in [-0.15, -0.1) is 0 Å². The fraction of sp³-hybridized carbons (Fsp3) is 0.900. The third-order valence-corrected chi connectivity index (χ3v) is 1.66. The van der Waals surface area contributed by atoms with Crippen LogP contribution in [0, 0.1) is 6.61 Å². The van der Waals surface area contributed by atoms with Crippen LogP contribution in [0.2, 0.25) is 0 Å². The summed E-state index contributed by atoms with van der Waals surface area (Å²) in [7, 11) is 0. The van der Waals surface area contributed by atoms with Crippen LogP contribution in [0.5, 0.6) is 0 Å². The van der Waals surface area contributed by atoms with Crippen LogP contribution in [-0.4, -0.2) is 5.60 Å². The van der Waals surface area contributed by atoms with E-state index in [0.29, 0.717) is 0 Å². The Bertz CT molecular complexity index is 86.9. The van der Waals surface area contributed by atoms with Gasteiger partial charge in [0.15, 0.2) is 0 Å². The molecule has 67 valence electrons. The summed E-state index contributed by atoms with van der Waals surface area (Å²) in [6, 6.07) is 0. The fourth-order valence-electron chi connectivity index (χ4n) is 1.06. The van der Waals surface area contributed by atoms with Gasteiger partial charge in [0, 0.05) is 0 Å². The molecule has 0 heterocycles. The average Bonchev–Trinajstić information content (AvgIpc) is 1.87. The van der Waals surface area contributed by atoms with E-state index >= 15 is 0 Å². The molecule has 11 heavy (non-hydrogen) atoms. The molecule has 1 heteroatoms. The van der Waals surface area contributed by atoms with Gasteiger partial charge in [0.05, 0.1) is 12.2 Å². The zero-order valence-electron chi connectivity index (χ0n) is 8.31. The van der Waals surface area contributed by atoms with Crippen molar-refractivity contribution in [3.63, 3.8) is 0 Å². The third kappa shape index (κ3) is 6.36. The Hall–Kier alpha value is -0.0400. The second kappa shape index (κ2) is 5.59. The van der Waals surface area contributed by atoms with Gasteiger partial charge in [0.2, 0.25) is 0 Å². The van der Waals surface area contributed by atoms with Gasteiger partial charge in [-0.2, -0.15) is 0 Å². The molecule has 0 atom stereocenters. The van der Waals surface area contributed by atoms with E-state index in [4.69, 9.17) is 4.74 Å². The molecule has 0 aliphatic rings. The van der Waals surface area contributed by atoms with Gasteiger partial charge in [-0.25, -0.2) is 0 Å². The minimum absolute atomic E-state index is 0.0456. The van der Waals surface area contributed by atoms with Crippen molar-refractivity contribution in [3.05, 3.63) is 6.61 Å². The molecule has 0 spiro atoms. The number of ether oxygens (including phenoxy) is 1. The SMILES string of the molecule is CCC[CH]OC(C)(C)CCC. The molecule has 0 aromatic heterocycles. The molecule has 0 aliphatic heterocycles. The maximum Gasteiger partial charge on any atom is 0.0844 e. The molecule has 1 nitrogen and oxygen atoms in total. The zero-order valence-corrected chi connectivity index (χ0v) is 8.31.